The van der Waals surface area contributed by atoms with E-state index in [0.717, 1.165) is 7.88 Å². The number of anilines is 1. The molecule has 3 aromatic carbocycles. The summed E-state index contributed by atoms with van der Waals surface area (Å²) in [6.45, 7) is 5.32. The van der Waals surface area contributed by atoms with E-state index < -0.39 is 28.5 Å². The second-order valence-electron chi connectivity index (χ2n) is 9.34. The number of carbonyl (C=O) groups is 2. The number of amides is 2. The van der Waals surface area contributed by atoms with E-state index >= 15 is 0 Å². The Morgan fingerprint density at radius 1 is 0.897 bits per heavy atom. The van der Waals surface area contributed by atoms with Gasteiger partial charge in [0.05, 0.1) is 10.6 Å². The van der Waals surface area contributed by atoms with Crippen LogP contribution in [0.15, 0.2) is 77.7 Å². The molecule has 0 aliphatic heterocycles. The second-order valence-corrected chi connectivity index (χ2v) is 13.3. The molecule has 1 N–H and O–H groups in total. The third-order valence-electron chi connectivity index (χ3n) is 5.97. The number of benzene rings is 3. The van der Waals surface area contributed by atoms with Gasteiger partial charge in [0, 0.05) is 32.3 Å². The fourth-order valence-corrected chi connectivity index (χ4v) is 6.06. The number of hydrogen-bond acceptors (Lipinski definition) is 4. The highest BCUT2D eigenvalue weighted by atomic mass is 127. The lowest BCUT2D eigenvalue weighted by molar-refractivity contribution is -0.139. The Hall–Kier alpha value is -2.34. The highest BCUT2D eigenvalue weighted by molar-refractivity contribution is 14.1. The van der Waals surface area contributed by atoms with Crippen molar-refractivity contribution in [2.75, 3.05) is 17.4 Å². The van der Waals surface area contributed by atoms with Crippen molar-refractivity contribution < 1.29 is 18.0 Å². The maximum Gasteiger partial charge on any atom is 0.264 e. The smallest absolute Gasteiger partial charge is 0.264 e. The minimum absolute atomic E-state index is 0.0415. The molecular weight excluding hydrogens is 672 g/mol. The lowest BCUT2D eigenvalue weighted by atomic mass is 10.1. The zero-order valence-electron chi connectivity index (χ0n) is 21.8. The lowest BCUT2D eigenvalue weighted by Crippen LogP contribution is -2.51. The molecule has 0 bridgehead atoms. The van der Waals surface area contributed by atoms with Gasteiger partial charge in [-0.2, -0.15) is 0 Å². The standard InChI is InChI=1S/C28H30Cl2IN3O4S/c1-19(2)16-32-28(36)20(3)33(17-24-25(29)10-7-11-26(24)30)27(35)18-34(22-14-12-21(31)13-15-22)39(37,38)23-8-5-4-6-9-23/h4-15,19-20H,16-18H2,1-3H3,(H,32,36)/t20-/m0/s1. The molecule has 0 saturated carbocycles. The predicted octanol–water partition coefficient (Wildman–Crippen LogP) is 5.98. The summed E-state index contributed by atoms with van der Waals surface area (Å²) in [5.41, 5.74) is 0.782. The van der Waals surface area contributed by atoms with Gasteiger partial charge in [0.2, 0.25) is 11.8 Å². The van der Waals surface area contributed by atoms with Gasteiger partial charge in [-0.25, -0.2) is 8.42 Å². The Morgan fingerprint density at radius 2 is 1.49 bits per heavy atom. The van der Waals surface area contributed by atoms with E-state index in [0.29, 0.717) is 27.8 Å². The third kappa shape index (κ3) is 8.09. The lowest BCUT2D eigenvalue weighted by Gasteiger charge is -2.32. The van der Waals surface area contributed by atoms with E-state index in [4.69, 9.17) is 23.2 Å². The first kappa shape index (κ1) is 31.2. The molecule has 0 saturated heterocycles. The van der Waals surface area contributed by atoms with Crippen molar-refractivity contribution in [3.63, 3.8) is 0 Å². The number of sulfonamides is 1. The Labute approximate surface area is 253 Å². The molecule has 7 nitrogen and oxygen atoms in total. The van der Waals surface area contributed by atoms with Gasteiger partial charge >= 0.3 is 0 Å². The number of hydrogen-bond donors (Lipinski definition) is 1. The summed E-state index contributed by atoms with van der Waals surface area (Å²) in [4.78, 5) is 28.3. The Kier molecular flexibility index (Phi) is 11.1. The average molecular weight is 702 g/mol. The Morgan fingerprint density at radius 3 is 2.05 bits per heavy atom. The van der Waals surface area contributed by atoms with Crippen LogP contribution in [0.3, 0.4) is 0 Å². The summed E-state index contributed by atoms with van der Waals surface area (Å²) in [6.07, 6.45) is 0. The summed E-state index contributed by atoms with van der Waals surface area (Å²) in [5, 5.41) is 3.52. The molecule has 0 fully saturated rings. The number of carbonyl (C=O) groups excluding carboxylic acids is 2. The molecule has 2 amide bonds. The highest BCUT2D eigenvalue weighted by Crippen LogP contribution is 2.28. The fourth-order valence-electron chi connectivity index (χ4n) is 3.74. The SMILES string of the molecule is CC(C)CNC(=O)[C@H](C)N(Cc1c(Cl)cccc1Cl)C(=O)CN(c1ccc(I)cc1)S(=O)(=O)c1ccccc1. The summed E-state index contributed by atoms with van der Waals surface area (Å²) in [6, 6.07) is 18.8. The summed E-state index contributed by atoms with van der Waals surface area (Å²) in [7, 11) is -4.12. The van der Waals surface area contributed by atoms with Crippen molar-refractivity contribution >= 4 is 73.3 Å². The van der Waals surface area contributed by atoms with E-state index in [1.54, 1.807) is 67.6 Å². The minimum Gasteiger partial charge on any atom is -0.354 e. The molecular formula is C28H30Cl2IN3O4S. The van der Waals surface area contributed by atoms with E-state index in [-0.39, 0.29) is 23.3 Å². The van der Waals surface area contributed by atoms with Crippen LogP contribution < -0.4 is 9.62 Å². The van der Waals surface area contributed by atoms with Crippen LogP contribution in [0.1, 0.15) is 26.3 Å². The van der Waals surface area contributed by atoms with Crippen LogP contribution in [-0.2, 0) is 26.2 Å². The molecule has 0 heterocycles. The molecule has 0 aliphatic carbocycles. The van der Waals surface area contributed by atoms with Gasteiger partial charge in [-0.3, -0.25) is 13.9 Å². The normalized spacial score (nSPS) is 12.2. The van der Waals surface area contributed by atoms with Gasteiger partial charge in [-0.05, 0) is 84.0 Å². The zero-order valence-corrected chi connectivity index (χ0v) is 26.3. The number of nitrogens with zero attached hydrogens (tertiary/aromatic N) is 2. The van der Waals surface area contributed by atoms with Crippen LogP contribution in [0.25, 0.3) is 0 Å². The fraction of sp³-hybridized carbons (Fsp3) is 0.286. The molecule has 0 aromatic heterocycles. The van der Waals surface area contributed by atoms with Crippen molar-refractivity contribution in [1.82, 2.24) is 10.2 Å². The van der Waals surface area contributed by atoms with E-state index in [1.165, 1.54) is 17.0 Å². The van der Waals surface area contributed by atoms with Crippen LogP contribution in [0.2, 0.25) is 10.0 Å². The van der Waals surface area contributed by atoms with Gasteiger partial charge in [0.1, 0.15) is 12.6 Å². The van der Waals surface area contributed by atoms with Crippen molar-refractivity contribution in [3.05, 3.63) is 92.0 Å². The predicted molar refractivity (Wildman–Crippen MR) is 164 cm³/mol. The molecule has 11 heteroatoms. The maximum absolute atomic E-state index is 13.9. The molecule has 0 aliphatic rings. The summed E-state index contributed by atoms with van der Waals surface area (Å²) in [5.74, 6) is -0.751. The average Bonchev–Trinajstić information content (AvgIpc) is 2.90. The molecule has 0 unspecified atom stereocenters. The van der Waals surface area contributed by atoms with Crippen molar-refractivity contribution in [1.29, 1.82) is 0 Å². The third-order valence-corrected chi connectivity index (χ3v) is 9.18. The van der Waals surface area contributed by atoms with Gasteiger partial charge in [0.15, 0.2) is 0 Å². The first-order valence-electron chi connectivity index (χ1n) is 12.2. The van der Waals surface area contributed by atoms with Crippen LogP contribution in [0, 0.1) is 9.49 Å². The van der Waals surface area contributed by atoms with Gasteiger partial charge in [0.25, 0.3) is 10.0 Å². The number of rotatable bonds is 11. The van der Waals surface area contributed by atoms with Crippen LogP contribution in [0.4, 0.5) is 5.69 Å². The van der Waals surface area contributed by atoms with Crippen LogP contribution in [-0.4, -0.2) is 44.3 Å². The number of halogens is 3. The first-order chi connectivity index (χ1) is 18.4. The zero-order chi connectivity index (χ0) is 28.7. The van der Waals surface area contributed by atoms with Gasteiger partial charge in [-0.15, -0.1) is 0 Å². The topological polar surface area (TPSA) is 86.8 Å². The second kappa shape index (κ2) is 13.8. The first-order valence-corrected chi connectivity index (χ1v) is 15.5. The van der Waals surface area contributed by atoms with E-state index in [2.05, 4.69) is 27.9 Å². The molecule has 0 radical (unpaired) electrons. The van der Waals surface area contributed by atoms with Gasteiger partial charge in [-0.1, -0.05) is 61.3 Å². The largest absolute Gasteiger partial charge is 0.354 e. The van der Waals surface area contributed by atoms with Crippen molar-refractivity contribution in [2.45, 2.75) is 38.3 Å². The Bertz CT molecular complexity index is 1380. The van der Waals surface area contributed by atoms with Crippen molar-refractivity contribution in [2.24, 2.45) is 5.92 Å². The highest BCUT2D eigenvalue weighted by Gasteiger charge is 2.33. The van der Waals surface area contributed by atoms with E-state index in [1.807, 2.05) is 13.8 Å². The quantitative estimate of drug-likeness (QED) is 0.249. The maximum atomic E-state index is 13.9. The van der Waals surface area contributed by atoms with E-state index in [9.17, 15) is 18.0 Å². The van der Waals surface area contributed by atoms with Gasteiger partial charge < -0.3 is 10.2 Å². The summed E-state index contributed by atoms with van der Waals surface area (Å²) < 4.78 is 29.5. The van der Waals surface area contributed by atoms with Crippen LogP contribution >= 0.6 is 45.8 Å². The minimum atomic E-state index is -4.12. The molecule has 0 spiro atoms. The van der Waals surface area contributed by atoms with Crippen molar-refractivity contribution in [3.8, 4) is 0 Å². The molecule has 39 heavy (non-hydrogen) atoms. The molecule has 3 rings (SSSR count). The van der Waals surface area contributed by atoms with Crippen LogP contribution in [0.5, 0.6) is 0 Å². The Balaban J connectivity index is 2.03. The number of nitrogens with one attached hydrogen (secondary N) is 1. The molecule has 1 atom stereocenters. The molecule has 3 aromatic rings. The molecule has 208 valence electrons. The summed E-state index contributed by atoms with van der Waals surface area (Å²) >= 11 is 14.9. The monoisotopic (exact) mass is 701 g/mol.